The van der Waals surface area contributed by atoms with E-state index in [4.69, 9.17) is 49.4 Å². The zero-order valence-corrected chi connectivity index (χ0v) is 109. The van der Waals surface area contributed by atoms with Crippen molar-refractivity contribution in [3.63, 3.8) is 0 Å². The Morgan fingerprint density at radius 1 is 0.237 bits per heavy atom. The van der Waals surface area contributed by atoms with Crippen molar-refractivity contribution in [2.24, 2.45) is 9.98 Å². The van der Waals surface area contributed by atoms with Crippen LogP contribution in [0.3, 0.4) is 0 Å². The molecule has 0 aromatic carbocycles. The molecule has 0 bridgehead atoms. The molecule has 614 valence electrons. The first-order valence-corrected chi connectivity index (χ1v) is 38.6. The van der Waals surface area contributed by atoms with Gasteiger partial charge in [-0.15, -0.1) is 55.0 Å². The van der Waals surface area contributed by atoms with Gasteiger partial charge >= 0.3 is 411 Å². The smallest absolute Gasteiger partial charge is 0.879 e. The summed E-state index contributed by atoms with van der Waals surface area (Å²) in [5.74, 6) is 0. The second-order valence-corrected chi connectivity index (χ2v) is 10.3. The molecule has 0 unspecified atom stereocenters. The molecule has 0 saturated carbocycles. The Morgan fingerprint density at radius 3 is 0.596 bits per heavy atom. The van der Waals surface area contributed by atoms with Crippen LogP contribution in [-0.2, 0) is 0 Å². The van der Waals surface area contributed by atoms with E-state index in [0.29, 0.717) is 28.1 Å². The predicted molar refractivity (Wildman–Crippen MR) is 487 cm³/mol. The van der Waals surface area contributed by atoms with Gasteiger partial charge in [-0.05, 0) is 24.8 Å². The molecule has 8 heterocycles. The molecule has 0 aliphatic carbocycles. The van der Waals surface area contributed by atoms with Crippen LogP contribution in [0.25, 0.3) is 34.5 Å². The van der Waals surface area contributed by atoms with Gasteiger partial charge in [0, 0.05) is 0 Å². The number of aliphatic imine (C=N–C) groups is 2. The standard InChI is InChI=1S/2C7H5N.5C6H4N2.C5H3N3.21C2H6.8K/c1-2-7-3-5-8-6-4-7;1-2-7-4-3-5-8-6-7;1-7-6-3-2-4-8-5-6;7-5-6-1-3-8-4-2-6;1-2-6-3-4-7-8-5-6;2*7-4-6-2-1-3-8-5-6;1-6-5-2-3-7-8-4-5;21*1-2;;;;;;;;/h2*1-3,5-6H;1-2,4-5H;1,3-5H;1-2,4-5H;2*1,3-5H;1,3-4H;21*1-2H3;;;;;;;;/q8*-2;;;;;;;;;;;;;;;;;;;;;;8*+1. The summed E-state index contributed by atoms with van der Waals surface area (Å²) < 4.78 is 0. The quantitative estimate of drug-likeness (QED) is 0.111. The van der Waals surface area contributed by atoms with Gasteiger partial charge in [0.1, 0.15) is 0 Å². The fraction of sp³-hybridized carbons (Fsp3) is 0.462. The third-order valence-corrected chi connectivity index (χ3v) is 6.06. The third-order valence-electron chi connectivity index (χ3n) is 6.06. The van der Waals surface area contributed by atoms with Crippen LogP contribution in [-0.4, -0.2) is 82.4 Å². The molecule has 114 heavy (non-hydrogen) atoms. The number of aromatic nitrogens is 10. The topological polar surface area (TPSA) is 221 Å². The van der Waals surface area contributed by atoms with E-state index < -0.39 is 0 Å². The molecule has 8 rings (SSSR count). The summed E-state index contributed by atoms with van der Waals surface area (Å²) in [6.07, 6.45) is 32.2. The number of pyridine rings is 6. The maximum Gasteiger partial charge on any atom is 1.00 e. The molecule has 0 fully saturated rings. The van der Waals surface area contributed by atoms with Crippen molar-refractivity contribution < 1.29 is 411 Å². The van der Waals surface area contributed by atoms with E-state index in [1.165, 1.54) is 55.4 Å². The molecule has 8 aromatic heterocycles. The third kappa shape index (κ3) is 217. The second-order valence-electron chi connectivity index (χ2n) is 10.3. The average Bonchev–Trinajstić information content (AvgIpc) is 1.10. The molecule has 0 saturated heterocycles. The van der Waals surface area contributed by atoms with Gasteiger partial charge in [0.05, 0.1) is 0 Å². The van der Waals surface area contributed by atoms with E-state index in [1.807, 2.05) is 291 Å². The Kier molecular flexibility index (Phi) is 487. The zero-order chi connectivity index (χ0) is 88.6. The van der Waals surface area contributed by atoms with Crippen LogP contribution in [0.15, 0.2) is 146 Å². The van der Waals surface area contributed by atoms with Crippen molar-refractivity contribution in [2.45, 2.75) is 291 Å². The summed E-state index contributed by atoms with van der Waals surface area (Å²) >= 11 is 0. The van der Waals surface area contributed by atoms with Crippen LogP contribution in [0.4, 0.5) is 11.4 Å². The Morgan fingerprint density at radius 2 is 0.465 bits per heavy atom. The fourth-order valence-electron chi connectivity index (χ4n) is 3.15. The SMILES string of the molecule is CC.CC.CC.CC.CC.CC.CC.CC.CC.CC.CC.CC.CC.CC.CC.CC.CC.CC.CC.CC.CC.[CH-]=Cc1[c-]ccnc1.[CH-]=Cc1[c-]cncc1.[CH-]=Cc1[c-]cnnc1.[CH-]=Nc1[c-]ccnc1.[CH-]=Nc1[c-]cnnc1.[K+].[K+].[K+].[K+].[K+].[K+].[K+].[K+].[N-]=Cc1[c-]ccnc1.[N-]=Cc1[c-]ccnc1.[N-]=Cc1[c-]cncc1. The molecule has 0 aliphatic rings. The minimum Gasteiger partial charge on any atom is -0.879 e. The molecule has 0 radical (unpaired) electrons. The summed E-state index contributed by atoms with van der Waals surface area (Å²) in [5, 5.41) is 39.1. The van der Waals surface area contributed by atoms with E-state index in [9.17, 15) is 0 Å². The normalized spacial score (nSPS) is 5.88. The molecule has 0 spiro atoms. The van der Waals surface area contributed by atoms with Gasteiger partial charge in [-0.2, -0.15) is 53.7 Å². The van der Waals surface area contributed by atoms with Gasteiger partial charge in [0.2, 0.25) is 0 Å². The average molecular weight is 1780 g/mol. The Hall–Kier alpha value is 3.72. The van der Waals surface area contributed by atoms with E-state index in [0.717, 1.165) is 35.3 Å². The van der Waals surface area contributed by atoms with Gasteiger partial charge in [0.15, 0.2) is 0 Å². The molecule has 15 nitrogen and oxygen atoms in total. The Balaban J connectivity index is -0.0000000249. The van der Waals surface area contributed by atoms with Crippen LogP contribution in [0.1, 0.15) is 324 Å². The number of hydrogen-bond acceptors (Lipinski definition) is 12. The van der Waals surface area contributed by atoms with E-state index >= 15 is 0 Å². The van der Waals surface area contributed by atoms with Crippen LogP contribution in [0, 0.1) is 68.3 Å². The van der Waals surface area contributed by atoms with E-state index in [-0.39, 0.29) is 411 Å². The summed E-state index contributed by atoms with van der Waals surface area (Å²) in [4.78, 5) is 29.2. The van der Waals surface area contributed by atoms with Crippen LogP contribution in [0.2, 0.25) is 0 Å². The summed E-state index contributed by atoms with van der Waals surface area (Å²) in [7, 11) is 0. The first kappa shape index (κ1) is 204. The summed E-state index contributed by atoms with van der Waals surface area (Å²) in [5.41, 5.74) is 5.42. The van der Waals surface area contributed by atoms with Gasteiger partial charge in [-0.25, -0.2) is 33.6 Å². The summed E-state index contributed by atoms with van der Waals surface area (Å²) in [6, 6.07) is 32.2. The number of hydrogen-bond donors (Lipinski definition) is 0. The van der Waals surface area contributed by atoms with E-state index in [2.05, 4.69) is 109 Å². The molecular formula is C91H159K8N15-8. The number of nitrogens with zero attached hydrogens (tertiary/aromatic N) is 15. The maximum atomic E-state index is 8.35. The molecule has 0 atom stereocenters. The maximum absolute atomic E-state index is 8.35. The zero-order valence-electron chi connectivity index (χ0n) is 83.8. The van der Waals surface area contributed by atoms with Crippen LogP contribution >= 0.6 is 0 Å². The minimum atomic E-state index is 0. The molecular weight excluding hydrogens is 1620 g/mol. The predicted octanol–water partition coefficient (Wildman–Crippen LogP) is 5.15. The van der Waals surface area contributed by atoms with Gasteiger partial charge in [0.25, 0.3) is 0 Å². The first-order chi connectivity index (χ1) is 52.5. The van der Waals surface area contributed by atoms with Crippen LogP contribution < -0.4 is 411 Å². The van der Waals surface area contributed by atoms with Gasteiger partial charge < -0.3 is 108 Å². The monoisotopic (exact) mass is 1770 g/mol. The van der Waals surface area contributed by atoms with Crippen molar-refractivity contribution in [3.8, 4) is 0 Å². The van der Waals surface area contributed by atoms with Gasteiger partial charge in [-0.3, -0.25) is 51.3 Å². The first-order valence-electron chi connectivity index (χ1n) is 38.6. The van der Waals surface area contributed by atoms with Crippen LogP contribution in [0.5, 0.6) is 0 Å². The largest absolute Gasteiger partial charge is 1.00 e. The molecule has 0 aliphatic heterocycles. The number of rotatable bonds is 8. The van der Waals surface area contributed by atoms with Crippen molar-refractivity contribution in [2.75, 3.05) is 0 Å². The van der Waals surface area contributed by atoms with Gasteiger partial charge in [-0.1, -0.05) is 340 Å². The van der Waals surface area contributed by atoms with Crippen molar-refractivity contribution in [3.05, 3.63) is 253 Å². The van der Waals surface area contributed by atoms with Crippen molar-refractivity contribution >= 4 is 61.7 Å². The Bertz CT molecular complexity index is 1930. The fourth-order valence-corrected chi connectivity index (χ4v) is 3.15. The second kappa shape index (κ2) is 273. The summed E-state index contributed by atoms with van der Waals surface area (Å²) in [6.45, 7) is 109. The molecule has 23 heteroatoms. The Labute approximate surface area is 1050 Å². The molecule has 0 amide bonds. The molecule has 8 aromatic rings. The van der Waals surface area contributed by atoms with Crippen molar-refractivity contribution in [1.29, 1.82) is 0 Å². The van der Waals surface area contributed by atoms with E-state index in [1.54, 1.807) is 98.4 Å². The minimum absolute atomic E-state index is 0. The van der Waals surface area contributed by atoms with Crippen molar-refractivity contribution in [1.82, 2.24) is 50.3 Å². The molecule has 0 N–H and O–H groups in total.